The van der Waals surface area contributed by atoms with E-state index < -0.39 is 5.60 Å². The topological polar surface area (TPSA) is 77.0 Å². The van der Waals surface area contributed by atoms with Gasteiger partial charge in [-0.1, -0.05) is 31.2 Å². The van der Waals surface area contributed by atoms with Crippen LogP contribution in [0.1, 0.15) is 44.2 Å². The number of hydrogen-bond donors (Lipinski definition) is 3. The van der Waals surface area contributed by atoms with Crippen molar-refractivity contribution in [2.45, 2.75) is 51.2 Å². The van der Waals surface area contributed by atoms with Crippen molar-refractivity contribution in [3.63, 3.8) is 0 Å². The Kier molecular flexibility index (Phi) is 7.91. The maximum Gasteiger partial charge on any atom is 0.222 e. The van der Waals surface area contributed by atoms with Crippen LogP contribution in [0.3, 0.4) is 0 Å². The van der Waals surface area contributed by atoms with E-state index in [0.29, 0.717) is 31.9 Å². The van der Waals surface area contributed by atoms with Gasteiger partial charge in [0.05, 0.1) is 6.54 Å². The molecule has 1 heterocycles. The number of nitrogens with zero attached hydrogens (tertiary/aromatic N) is 2. The zero-order chi connectivity index (χ0) is 18.6. The third kappa shape index (κ3) is 5.13. The molecule has 0 aromatic heterocycles. The Morgan fingerprint density at radius 2 is 2.15 bits per heavy atom. The fourth-order valence-electron chi connectivity index (χ4n) is 3.88. The lowest BCUT2D eigenvalue weighted by Gasteiger charge is -2.23. The number of aliphatic hydroxyl groups is 1. The Bertz CT molecular complexity index is 682. The molecule has 0 radical (unpaired) electrons. The molecule has 27 heavy (non-hydrogen) atoms. The van der Waals surface area contributed by atoms with Crippen LogP contribution >= 0.6 is 24.0 Å². The molecule has 1 fully saturated rings. The molecule has 6 nitrogen and oxygen atoms in total. The van der Waals surface area contributed by atoms with E-state index in [4.69, 9.17) is 0 Å². The highest BCUT2D eigenvalue weighted by atomic mass is 127. The minimum Gasteiger partial charge on any atom is -0.383 e. The molecule has 1 saturated heterocycles. The van der Waals surface area contributed by atoms with Gasteiger partial charge in [0.1, 0.15) is 5.60 Å². The first-order chi connectivity index (χ1) is 12.6. The predicted octanol–water partition coefficient (Wildman–Crippen LogP) is 2.00. The summed E-state index contributed by atoms with van der Waals surface area (Å²) in [5.74, 6) is 0.911. The highest BCUT2D eigenvalue weighted by molar-refractivity contribution is 14.0. The van der Waals surface area contributed by atoms with Crippen LogP contribution in [0.15, 0.2) is 29.3 Å². The van der Waals surface area contributed by atoms with Crippen molar-refractivity contribution in [3.8, 4) is 0 Å². The first kappa shape index (κ1) is 21.9. The molecule has 2 atom stereocenters. The summed E-state index contributed by atoms with van der Waals surface area (Å²) in [5.41, 5.74) is 1.33. The van der Waals surface area contributed by atoms with Gasteiger partial charge in [-0.15, -0.1) is 24.0 Å². The fraction of sp³-hybridized carbons (Fsp3) is 0.600. The number of aliphatic imine (C=N–C) groups is 1. The number of hydrogen-bond acceptors (Lipinski definition) is 3. The van der Waals surface area contributed by atoms with E-state index in [1.165, 1.54) is 5.56 Å². The summed E-state index contributed by atoms with van der Waals surface area (Å²) in [5, 5.41) is 17.7. The van der Waals surface area contributed by atoms with Crippen molar-refractivity contribution >= 4 is 35.8 Å². The normalized spacial score (nSPS) is 24.3. The number of rotatable bonds is 5. The molecule has 1 aromatic carbocycles. The lowest BCUT2D eigenvalue weighted by molar-refractivity contribution is -0.129. The second kappa shape index (κ2) is 9.73. The molecule has 0 spiro atoms. The summed E-state index contributed by atoms with van der Waals surface area (Å²) < 4.78 is 0. The van der Waals surface area contributed by atoms with Gasteiger partial charge >= 0.3 is 0 Å². The molecule has 3 rings (SSSR count). The number of guanidine groups is 1. The smallest absolute Gasteiger partial charge is 0.222 e. The Morgan fingerprint density at radius 1 is 1.37 bits per heavy atom. The molecule has 2 unspecified atom stereocenters. The number of carbonyl (C=O) groups excluding carboxylic acids is 1. The number of likely N-dealkylation sites (tertiary alicyclic amines) is 1. The number of aryl methyl sites for hydroxylation is 1. The van der Waals surface area contributed by atoms with Crippen molar-refractivity contribution in [1.29, 1.82) is 0 Å². The Morgan fingerprint density at radius 3 is 2.89 bits per heavy atom. The molecular formula is C20H31IN4O2. The number of benzene rings is 1. The van der Waals surface area contributed by atoms with Crippen LogP contribution in [-0.4, -0.2) is 54.1 Å². The number of fused-ring (bicyclic) bond motifs is 1. The molecule has 3 N–H and O–H groups in total. The van der Waals surface area contributed by atoms with Gasteiger partial charge in [-0.3, -0.25) is 4.79 Å². The molecule has 1 amide bonds. The molecular weight excluding hydrogens is 455 g/mol. The second-order valence-electron chi connectivity index (χ2n) is 7.21. The van der Waals surface area contributed by atoms with Gasteiger partial charge in [-0.05, 0) is 37.3 Å². The second-order valence-corrected chi connectivity index (χ2v) is 7.21. The van der Waals surface area contributed by atoms with Crippen LogP contribution in [0.2, 0.25) is 0 Å². The van der Waals surface area contributed by atoms with Gasteiger partial charge in [-0.2, -0.15) is 0 Å². The summed E-state index contributed by atoms with van der Waals surface area (Å²) in [7, 11) is 0. The van der Waals surface area contributed by atoms with E-state index in [1.54, 1.807) is 0 Å². The Labute approximate surface area is 178 Å². The minimum atomic E-state index is -0.890. The van der Waals surface area contributed by atoms with E-state index >= 15 is 0 Å². The predicted molar refractivity (Wildman–Crippen MR) is 118 cm³/mol. The maximum atomic E-state index is 11.8. The minimum absolute atomic E-state index is 0. The lowest BCUT2D eigenvalue weighted by atomic mass is 9.96. The van der Waals surface area contributed by atoms with E-state index in [0.717, 1.165) is 31.5 Å². The number of halogens is 1. The summed E-state index contributed by atoms with van der Waals surface area (Å²) in [6, 6.07) is 8.28. The first-order valence-electron chi connectivity index (χ1n) is 9.69. The fourth-order valence-corrected chi connectivity index (χ4v) is 3.88. The summed E-state index contributed by atoms with van der Waals surface area (Å²) in [4.78, 5) is 18.4. The third-order valence-electron chi connectivity index (χ3n) is 5.35. The van der Waals surface area contributed by atoms with Crippen molar-refractivity contribution in [3.05, 3.63) is 35.4 Å². The summed E-state index contributed by atoms with van der Waals surface area (Å²) in [6.45, 7) is 6.52. The first-order valence-corrected chi connectivity index (χ1v) is 9.69. The molecule has 1 aromatic rings. The largest absolute Gasteiger partial charge is 0.383 e. The monoisotopic (exact) mass is 486 g/mol. The van der Waals surface area contributed by atoms with Crippen LogP contribution in [0.5, 0.6) is 0 Å². The standard InChI is InChI=1S/C20H30N4O2.HI/c1-3-18(25)24-12-10-16(13-24)23-19(21-4-2)22-14-20(26)11-9-15-7-5-6-8-17(15)20;/h5-8,16,26H,3-4,9-14H2,1-2H3,(H2,21,22,23);1H. The summed E-state index contributed by atoms with van der Waals surface area (Å²) >= 11 is 0. The van der Waals surface area contributed by atoms with Gasteiger partial charge < -0.3 is 20.6 Å². The Balaban J connectivity index is 0.00000261. The van der Waals surface area contributed by atoms with E-state index in [9.17, 15) is 9.90 Å². The third-order valence-corrected chi connectivity index (χ3v) is 5.35. The number of amides is 1. The quantitative estimate of drug-likeness (QED) is 0.338. The van der Waals surface area contributed by atoms with Crippen molar-refractivity contribution in [2.75, 3.05) is 26.2 Å². The average Bonchev–Trinajstić information content (AvgIpc) is 3.25. The van der Waals surface area contributed by atoms with Crippen LogP contribution in [0.25, 0.3) is 0 Å². The van der Waals surface area contributed by atoms with Gasteiger partial charge in [0, 0.05) is 32.1 Å². The summed E-state index contributed by atoms with van der Waals surface area (Å²) in [6.07, 6.45) is 3.07. The van der Waals surface area contributed by atoms with Gasteiger partial charge in [0.25, 0.3) is 0 Å². The van der Waals surface area contributed by atoms with Crippen LogP contribution in [0.4, 0.5) is 0 Å². The molecule has 2 aliphatic rings. The zero-order valence-corrected chi connectivity index (χ0v) is 18.5. The molecule has 150 valence electrons. The molecule has 0 bridgehead atoms. The SMILES string of the molecule is CCNC(=NCC1(O)CCc2ccccc21)NC1CCN(C(=O)CC)C1.I. The molecule has 1 aliphatic heterocycles. The van der Waals surface area contributed by atoms with Crippen molar-refractivity contribution < 1.29 is 9.90 Å². The number of nitrogens with one attached hydrogen (secondary N) is 2. The van der Waals surface area contributed by atoms with Crippen LogP contribution < -0.4 is 10.6 Å². The van der Waals surface area contributed by atoms with Crippen LogP contribution in [0, 0.1) is 0 Å². The molecule has 7 heteroatoms. The lowest BCUT2D eigenvalue weighted by Crippen LogP contribution is -2.45. The van der Waals surface area contributed by atoms with E-state index in [2.05, 4.69) is 21.7 Å². The molecule has 1 aliphatic carbocycles. The highest BCUT2D eigenvalue weighted by Gasteiger charge is 2.36. The van der Waals surface area contributed by atoms with Gasteiger partial charge in [0.2, 0.25) is 5.91 Å². The Hall–Kier alpha value is -1.35. The van der Waals surface area contributed by atoms with Crippen molar-refractivity contribution in [1.82, 2.24) is 15.5 Å². The molecule has 0 saturated carbocycles. The zero-order valence-electron chi connectivity index (χ0n) is 16.2. The maximum absolute atomic E-state index is 11.8. The van der Waals surface area contributed by atoms with Crippen LogP contribution in [-0.2, 0) is 16.8 Å². The van der Waals surface area contributed by atoms with E-state index in [-0.39, 0.29) is 35.9 Å². The van der Waals surface area contributed by atoms with E-state index in [1.807, 2.05) is 36.9 Å². The average molecular weight is 486 g/mol. The van der Waals surface area contributed by atoms with Gasteiger partial charge in [0.15, 0.2) is 5.96 Å². The number of carbonyl (C=O) groups is 1. The highest BCUT2D eigenvalue weighted by Crippen LogP contribution is 2.36. The van der Waals surface area contributed by atoms with Crippen molar-refractivity contribution in [2.24, 2.45) is 4.99 Å². The van der Waals surface area contributed by atoms with Gasteiger partial charge in [-0.25, -0.2) is 4.99 Å².